The van der Waals surface area contributed by atoms with Crippen molar-refractivity contribution in [3.63, 3.8) is 0 Å². The second-order valence-electron chi connectivity index (χ2n) is 5.28. The molecule has 0 fully saturated rings. The van der Waals surface area contributed by atoms with E-state index in [1.165, 1.54) is 6.26 Å². The quantitative estimate of drug-likeness (QED) is 0.702. The molecule has 2 amide bonds. The zero-order chi connectivity index (χ0) is 14.5. The molecule has 0 aliphatic carbocycles. The van der Waals surface area contributed by atoms with Gasteiger partial charge in [-0.2, -0.15) is 0 Å². The first kappa shape index (κ1) is 15.2. The van der Waals surface area contributed by atoms with E-state index in [1.807, 2.05) is 0 Å². The van der Waals surface area contributed by atoms with Gasteiger partial charge in [-0.25, -0.2) is 0 Å². The molecule has 3 N–H and O–H groups in total. The summed E-state index contributed by atoms with van der Waals surface area (Å²) in [5.74, 6) is -0.949. The third-order valence-corrected chi connectivity index (χ3v) is 2.27. The first-order valence-corrected chi connectivity index (χ1v) is 6.11. The number of furan rings is 1. The third kappa shape index (κ3) is 5.56. The van der Waals surface area contributed by atoms with Crippen molar-refractivity contribution in [2.24, 2.45) is 0 Å². The molecule has 0 radical (unpaired) electrons. The molecule has 0 aromatic carbocycles. The van der Waals surface area contributed by atoms with Crippen molar-refractivity contribution in [1.82, 2.24) is 10.6 Å². The minimum Gasteiger partial charge on any atom is -0.467 e. The Balaban J connectivity index is 2.29. The average molecular weight is 268 g/mol. The van der Waals surface area contributed by atoms with Crippen molar-refractivity contribution in [1.29, 1.82) is 0 Å². The molecular weight excluding hydrogens is 248 g/mol. The number of carbonyl (C=O) groups excluding carboxylic acids is 2. The van der Waals surface area contributed by atoms with Gasteiger partial charge in [-0.15, -0.1) is 0 Å². The molecule has 1 unspecified atom stereocenters. The van der Waals surface area contributed by atoms with Crippen LogP contribution in [0.15, 0.2) is 22.8 Å². The molecule has 0 saturated carbocycles. The van der Waals surface area contributed by atoms with Crippen LogP contribution in [0.25, 0.3) is 0 Å². The fourth-order valence-electron chi connectivity index (χ4n) is 1.42. The summed E-state index contributed by atoms with van der Waals surface area (Å²) in [7, 11) is 0. The van der Waals surface area contributed by atoms with Gasteiger partial charge >= 0.3 is 11.8 Å². The van der Waals surface area contributed by atoms with Gasteiger partial charge in [0.15, 0.2) is 0 Å². The van der Waals surface area contributed by atoms with Gasteiger partial charge in [0, 0.05) is 12.1 Å². The maximum atomic E-state index is 11.5. The Bertz CT molecular complexity index is 420. The SMILES string of the molecule is CC(C)(C)NC(=O)C(=O)NCCC(O)c1ccco1. The van der Waals surface area contributed by atoms with Crippen LogP contribution in [-0.4, -0.2) is 29.0 Å². The number of rotatable bonds is 4. The maximum absolute atomic E-state index is 11.5. The molecule has 6 nitrogen and oxygen atoms in total. The molecule has 0 aliphatic heterocycles. The largest absolute Gasteiger partial charge is 0.467 e. The van der Waals surface area contributed by atoms with Crippen molar-refractivity contribution in [3.8, 4) is 0 Å². The highest BCUT2D eigenvalue weighted by molar-refractivity contribution is 6.35. The van der Waals surface area contributed by atoms with Crippen molar-refractivity contribution in [2.75, 3.05) is 6.54 Å². The number of hydrogen-bond donors (Lipinski definition) is 3. The smallest absolute Gasteiger partial charge is 0.309 e. The molecule has 1 heterocycles. The van der Waals surface area contributed by atoms with E-state index in [-0.39, 0.29) is 13.0 Å². The highest BCUT2D eigenvalue weighted by atomic mass is 16.4. The van der Waals surface area contributed by atoms with Gasteiger partial charge in [0.05, 0.1) is 6.26 Å². The van der Waals surface area contributed by atoms with Crippen LogP contribution >= 0.6 is 0 Å². The van der Waals surface area contributed by atoms with Crippen LogP contribution in [0.3, 0.4) is 0 Å². The molecule has 0 aliphatic rings. The second-order valence-corrected chi connectivity index (χ2v) is 5.28. The predicted octanol–water partition coefficient (Wildman–Crippen LogP) is 0.734. The average Bonchev–Trinajstić information content (AvgIpc) is 2.79. The molecule has 106 valence electrons. The summed E-state index contributed by atoms with van der Waals surface area (Å²) >= 11 is 0. The third-order valence-electron chi connectivity index (χ3n) is 2.27. The highest BCUT2D eigenvalue weighted by Crippen LogP contribution is 2.15. The molecule has 0 saturated heterocycles. The molecule has 1 rings (SSSR count). The van der Waals surface area contributed by atoms with Crippen molar-refractivity contribution >= 4 is 11.8 Å². The molecule has 0 spiro atoms. The minimum atomic E-state index is -0.791. The number of carbonyl (C=O) groups is 2. The zero-order valence-corrected chi connectivity index (χ0v) is 11.4. The van der Waals surface area contributed by atoms with E-state index in [4.69, 9.17) is 4.42 Å². The van der Waals surface area contributed by atoms with E-state index < -0.39 is 23.5 Å². The van der Waals surface area contributed by atoms with Crippen molar-refractivity contribution < 1.29 is 19.1 Å². The fourth-order valence-corrected chi connectivity index (χ4v) is 1.42. The summed E-state index contributed by atoms with van der Waals surface area (Å²) in [6, 6.07) is 3.33. The number of nitrogens with one attached hydrogen (secondary N) is 2. The number of aliphatic hydroxyl groups excluding tert-OH is 1. The van der Waals surface area contributed by atoms with Gasteiger partial charge in [0.1, 0.15) is 11.9 Å². The number of amides is 2. The fraction of sp³-hybridized carbons (Fsp3) is 0.538. The van der Waals surface area contributed by atoms with E-state index in [9.17, 15) is 14.7 Å². The molecule has 1 aromatic rings. The van der Waals surface area contributed by atoms with Crippen LogP contribution in [0, 0.1) is 0 Å². The first-order valence-electron chi connectivity index (χ1n) is 6.11. The Morgan fingerprint density at radius 1 is 1.37 bits per heavy atom. The van der Waals surface area contributed by atoms with Gasteiger partial charge in [-0.1, -0.05) is 0 Å². The second kappa shape index (κ2) is 6.38. The molecule has 19 heavy (non-hydrogen) atoms. The number of hydrogen-bond acceptors (Lipinski definition) is 4. The predicted molar refractivity (Wildman–Crippen MR) is 69.2 cm³/mol. The van der Waals surface area contributed by atoms with Crippen LogP contribution < -0.4 is 10.6 Å². The molecule has 0 bridgehead atoms. The van der Waals surface area contributed by atoms with Crippen LogP contribution in [-0.2, 0) is 9.59 Å². The lowest BCUT2D eigenvalue weighted by Crippen LogP contribution is -2.48. The van der Waals surface area contributed by atoms with E-state index >= 15 is 0 Å². The van der Waals surface area contributed by atoms with Crippen LogP contribution in [0.1, 0.15) is 39.1 Å². The molecule has 6 heteroatoms. The van der Waals surface area contributed by atoms with E-state index in [0.717, 1.165) is 0 Å². The standard InChI is InChI=1S/C13H20N2O4/c1-13(2,3)15-12(18)11(17)14-7-6-9(16)10-5-4-8-19-10/h4-5,8-9,16H,6-7H2,1-3H3,(H,14,17)(H,15,18). The van der Waals surface area contributed by atoms with Crippen molar-refractivity contribution in [3.05, 3.63) is 24.2 Å². The Morgan fingerprint density at radius 3 is 2.58 bits per heavy atom. The lowest BCUT2D eigenvalue weighted by molar-refractivity contribution is -0.140. The lowest BCUT2D eigenvalue weighted by atomic mass is 10.1. The summed E-state index contributed by atoms with van der Waals surface area (Å²) in [5.41, 5.74) is -0.456. The molecule has 1 aromatic heterocycles. The maximum Gasteiger partial charge on any atom is 0.309 e. The topological polar surface area (TPSA) is 91.6 Å². The summed E-state index contributed by atoms with van der Waals surface area (Å²) < 4.78 is 5.02. The summed E-state index contributed by atoms with van der Waals surface area (Å²) in [6.45, 7) is 5.56. The van der Waals surface area contributed by atoms with Gasteiger partial charge in [-0.05, 0) is 39.3 Å². The highest BCUT2D eigenvalue weighted by Gasteiger charge is 2.20. The molecular formula is C13H20N2O4. The summed E-state index contributed by atoms with van der Waals surface area (Å²) in [4.78, 5) is 22.9. The number of aliphatic hydroxyl groups is 1. The van der Waals surface area contributed by atoms with E-state index in [0.29, 0.717) is 5.76 Å². The van der Waals surface area contributed by atoms with Gasteiger partial charge in [0.25, 0.3) is 0 Å². The first-order chi connectivity index (χ1) is 8.79. The Labute approximate surface area is 112 Å². The summed E-state index contributed by atoms with van der Waals surface area (Å²) in [6.07, 6.45) is 0.955. The Morgan fingerprint density at radius 2 is 2.05 bits per heavy atom. The van der Waals surface area contributed by atoms with Crippen molar-refractivity contribution in [2.45, 2.75) is 38.8 Å². The van der Waals surface area contributed by atoms with E-state index in [1.54, 1.807) is 32.9 Å². The monoisotopic (exact) mass is 268 g/mol. The van der Waals surface area contributed by atoms with Crippen LogP contribution in [0.5, 0.6) is 0 Å². The summed E-state index contributed by atoms with van der Waals surface area (Å²) in [5, 5.41) is 14.7. The Kier molecular flexibility index (Phi) is 5.11. The van der Waals surface area contributed by atoms with Gasteiger partial charge < -0.3 is 20.2 Å². The van der Waals surface area contributed by atoms with E-state index in [2.05, 4.69) is 10.6 Å². The molecule has 1 atom stereocenters. The van der Waals surface area contributed by atoms with Gasteiger partial charge in [-0.3, -0.25) is 9.59 Å². The lowest BCUT2D eigenvalue weighted by Gasteiger charge is -2.19. The van der Waals surface area contributed by atoms with Gasteiger partial charge in [0.2, 0.25) is 0 Å². The Hall–Kier alpha value is -1.82. The van der Waals surface area contributed by atoms with Crippen LogP contribution in [0.4, 0.5) is 0 Å². The normalized spacial score (nSPS) is 12.8. The zero-order valence-electron chi connectivity index (χ0n) is 11.4. The van der Waals surface area contributed by atoms with Crippen LogP contribution in [0.2, 0.25) is 0 Å². The minimum absolute atomic E-state index is 0.193.